The molecular formula is C11H16ClN3O. The van der Waals surface area contributed by atoms with Crippen LogP contribution in [0.5, 0.6) is 0 Å². The Labute approximate surface area is 100 Å². The molecule has 0 amide bonds. The molecule has 1 fully saturated rings. The molecule has 0 radical (unpaired) electrons. The third-order valence-electron chi connectivity index (χ3n) is 3.12. The van der Waals surface area contributed by atoms with E-state index in [0.29, 0.717) is 11.0 Å². The topological polar surface area (TPSA) is 58.0 Å². The Hall–Kier alpha value is -0.870. The summed E-state index contributed by atoms with van der Waals surface area (Å²) in [6.45, 7) is 4.69. The molecule has 1 aromatic rings. The standard InChI is InChI=1S/C11H16ClN3O/c1-7-9(12)14-8(2)15-10(7)13-5-11(6-16)3-4-11/h16H,3-6H2,1-2H3,(H,13,14,15). The number of aliphatic hydroxyl groups excluding tert-OH is 1. The van der Waals surface area contributed by atoms with Gasteiger partial charge in [-0.05, 0) is 26.7 Å². The maximum absolute atomic E-state index is 9.21. The molecule has 1 saturated carbocycles. The number of anilines is 1. The normalized spacial score (nSPS) is 17.2. The number of hydrogen-bond donors (Lipinski definition) is 2. The van der Waals surface area contributed by atoms with Gasteiger partial charge in [-0.25, -0.2) is 9.97 Å². The second-order valence-corrected chi connectivity index (χ2v) is 4.90. The first-order valence-electron chi connectivity index (χ1n) is 5.42. The van der Waals surface area contributed by atoms with E-state index in [1.54, 1.807) is 0 Å². The number of aryl methyl sites for hydroxylation is 1. The van der Waals surface area contributed by atoms with E-state index in [-0.39, 0.29) is 12.0 Å². The predicted molar refractivity (Wildman–Crippen MR) is 63.8 cm³/mol. The third-order valence-corrected chi connectivity index (χ3v) is 3.49. The number of hydrogen-bond acceptors (Lipinski definition) is 4. The molecule has 1 aromatic heterocycles. The molecule has 0 atom stereocenters. The zero-order valence-electron chi connectivity index (χ0n) is 9.55. The number of aromatic nitrogens is 2. The van der Waals surface area contributed by atoms with Crippen molar-refractivity contribution < 1.29 is 5.11 Å². The Bertz CT molecular complexity index is 404. The Morgan fingerprint density at radius 2 is 2.06 bits per heavy atom. The number of aliphatic hydroxyl groups is 1. The average Bonchev–Trinajstić information content (AvgIpc) is 3.02. The van der Waals surface area contributed by atoms with E-state index in [2.05, 4.69) is 15.3 Å². The second-order valence-electron chi connectivity index (χ2n) is 4.55. The van der Waals surface area contributed by atoms with Crippen LogP contribution in [-0.4, -0.2) is 28.2 Å². The molecule has 1 heterocycles. The van der Waals surface area contributed by atoms with E-state index in [9.17, 15) is 5.11 Å². The zero-order valence-corrected chi connectivity index (χ0v) is 10.3. The lowest BCUT2D eigenvalue weighted by molar-refractivity contribution is 0.219. The Morgan fingerprint density at radius 1 is 1.38 bits per heavy atom. The smallest absolute Gasteiger partial charge is 0.137 e. The summed E-state index contributed by atoms with van der Waals surface area (Å²) in [6.07, 6.45) is 2.15. The van der Waals surface area contributed by atoms with E-state index in [1.807, 2.05) is 13.8 Å². The average molecular weight is 242 g/mol. The van der Waals surface area contributed by atoms with Gasteiger partial charge in [0.05, 0.1) is 6.61 Å². The van der Waals surface area contributed by atoms with Gasteiger partial charge in [-0.1, -0.05) is 11.6 Å². The van der Waals surface area contributed by atoms with Gasteiger partial charge in [-0.2, -0.15) is 0 Å². The van der Waals surface area contributed by atoms with Crippen molar-refractivity contribution in [2.24, 2.45) is 5.41 Å². The molecular weight excluding hydrogens is 226 g/mol. The molecule has 0 aromatic carbocycles. The minimum atomic E-state index is 0.0672. The summed E-state index contributed by atoms with van der Waals surface area (Å²) in [5, 5.41) is 13.0. The molecule has 0 unspecified atom stereocenters. The summed E-state index contributed by atoms with van der Waals surface area (Å²) in [5.74, 6) is 1.43. The first kappa shape index (κ1) is 11.6. The van der Waals surface area contributed by atoms with Gasteiger partial charge in [-0.15, -0.1) is 0 Å². The van der Waals surface area contributed by atoms with E-state index >= 15 is 0 Å². The number of nitrogens with zero attached hydrogens (tertiary/aromatic N) is 2. The highest BCUT2D eigenvalue weighted by Gasteiger charge is 2.41. The molecule has 0 spiro atoms. The zero-order chi connectivity index (χ0) is 11.8. The van der Waals surface area contributed by atoms with Gasteiger partial charge in [0.1, 0.15) is 16.8 Å². The number of halogens is 1. The van der Waals surface area contributed by atoms with Crippen molar-refractivity contribution in [1.29, 1.82) is 0 Å². The van der Waals surface area contributed by atoms with Crippen LogP contribution in [0.15, 0.2) is 0 Å². The Kier molecular flexibility index (Phi) is 3.04. The van der Waals surface area contributed by atoms with Crippen LogP contribution in [0.3, 0.4) is 0 Å². The molecule has 2 rings (SSSR count). The van der Waals surface area contributed by atoms with Gasteiger partial charge in [0.25, 0.3) is 0 Å². The van der Waals surface area contributed by atoms with Gasteiger partial charge in [-0.3, -0.25) is 0 Å². The first-order valence-corrected chi connectivity index (χ1v) is 5.80. The summed E-state index contributed by atoms with van der Waals surface area (Å²) in [6, 6.07) is 0. The minimum Gasteiger partial charge on any atom is -0.396 e. The maximum Gasteiger partial charge on any atom is 0.137 e. The molecule has 0 saturated heterocycles. The highest BCUT2D eigenvalue weighted by Crippen LogP contribution is 2.45. The van der Waals surface area contributed by atoms with Crippen LogP contribution in [0.1, 0.15) is 24.2 Å². The van der Waals surface area contributed by atoms with Crippen LogP contribution in [0.25, 0.3) is 0 Å². The molecule has 0 aliphatic heterocycles. The van der Waals surface area contributed by atoms with E-state index < -0.39 is 0 Å². The molecule has 1 aliphatic rings. The SMILES string of the molecule is Cc1nc(Cl)c(C)c(NCC2(CO)CC2)n1. The van der Waals surface area contributed by atoms with Gasteiger partial charge >= 0.3 is 0 Å². The monoisotopic (exact) mass is 241 g/mol. The van der Waals surface area contributed by atoms with E-state index in [1.165, 1.54) is 0 Å². The molecule has 88 valence electrons. The lowest BCUT2D eigenvalue weighted by Gasteiger charge is -2.15. The van der Waals surface area contributed by atoms with Gasteiger partial charge in [0.2, 0.25) is 0 Å². The molecule has 16 heavy (non-hydrogen) atoms. The lowest BCUT2D eigenvalue weighted by atomic mass is 10.1. The largest absolute Gasteiger partial charge is 0.396 e. The van der Waals surface area contributed by atoms with Gasteiger partial charge in [0.15, 0.2) is 0 Å². The first-order chi connectivity index (χ1) is 7.56. The molecule has 1 aliphatic carbocycles. The Morgan fingerprint density at radius 3 is 2.62 bits per heavy atom. The molecule has 0 bridgehead atoms. The third kappa shape index (κ3) is 2.28. The van der Waals surface area contributed by atoms with Crippen LogP contribution in [-0.2, 0) is 0 Å². The Balaban J connectivity index is 2.09. The molecule has 4 nitrogen and oxygen atoms in total. The lowest BCUT2D eigenvalue weighted by Crippen LogP contribution is -2.20. The van der Waals surface area contributed by atoms with Gasteiger partial charge in [0, 0.05) is 17.5 Å². The molecule has 2 N–H and O–H groups in total. The van der Waals surface area contributed by atoms with Crippen molar-refractivity contribution in [3.63, 3.8) is 0 Å². The van der Waals surface area contributed by atoms with Crippen molar-refractivity contribution in [3.8, 4) is 0 Å². The summed E-state index contributed by atoms with van der Waals surface area (Å²) < 4.78 is 0. The van der Waals surface area contributed by atoms with Crippen LogP contribution in [0.2, 0.25) is 5.15 Å². The van der Waals surface area contributed by atoms with Crippen LogP contribution >= 0.6 is 11.6 Å². The summed E-state index contributed by atoms with van der Waals surface area (Å²) in [4.78, 5) is 8.39. The molecule has 5 heteroatoms. The summed E-state index contributed by atoms with van der Waals surface area (Å²) in [5.41, 5.74) is 0.929. The number of nitrogens with one attached hydrogen (secondary N) is 1. The maximum atomic E-state index is 9.21. The highest BCUT2D eigenvalue weighted by atomic mass is 35.5. The van der Waals surface area contributed by atoms with Crippen LogP contribution < -0.4 is 5.32 Å². The quantitative estimate of drug-likeness (QED) is 0.791. The van der Waals surface area contributed by atoms with E-state index in [4.69, 9.17) is 11.6 Å². The van der Waals surface area contributed by atoms with Gasteiger partial charge < -0.3 is 10.4 Å². The van der Waals surface area contributed by atoms with Crippen LogP contribution in [0, 0.1) is 19.3 Å². The fourth-order valence-electron chi connectivity index (χ4n) is 1.61. The van der Waals surface area contributed by atoms with Crippen molar-refractivity contribution in [2.75, 3.05) is 18.5 Å². The number of rotatable bonds is 4. The summed E-state index contributed by atoms with van der Waals surface area (Å²) >= 11 is 5.98. The van der Waals surface area contributed by atoms with Crippen molar-refractivity contribution >= 4 is 17.4 Å². The minimum absolute atomic E-state index is 0.0672. The second kappa shape index (κ2) is 4.18. The van der Waals surface area contributed by atoms with Crippen molar-refractivity contribution in [1.82, 2.24) is 9.97 Å². The van der Waals surface area contributed by atoms with E-state index in [0.717, 1.165) is 30.8 Å². The predicted octanol–water partition coefficient (Wildman–Crippen LogP) is 1.93. The van der Waals surface area contributed by atoms with Crippen LogP contribution in [0.4, 0.5) is 5.82 Å². The highest BCUT2D eigenvalue weighted by molar-refractivity contribution is 6.30. The summed E-state index contributed by atoms with van der Waals surface area (Å²) in [7, 11) is 0. The fraction of sp³-hybridized carbons (Fsp3) is 0.636. The fourth-order valence-corrected chi connectivity index (χ4v) is 1.82. The van der Waals surface area contributed by atoms with Crippen molar-refractivity contribution in [3.05, 3.63) is 16.5 Å². The van der Waals surface area contributed by atoms with Crippen molar-refractivity contribution in [2.45, 2.75) is 26.7 Å².